The van der Waals surface area contributed by atoms with Gasteiger partial charge in [-0.25, -0.2) is 9.79 Å². The van der Waals surface area contributed by atoms with Crippen molar-refractivity contribution in [3.05, 3.63) is 120 Å². The Kier molecular flexibility index (Phi) is 7.47. The molecule has 5 rings (SSSR count). The van der Waals surface area contributed by atoms with E-state index in [1.54, 1.807) is 25.7 Å². The van der Waals surface area contributed by atoms with Crippen LogP contribution >= 0.6 is 11.3 Å². The van der Waals surface area contributed by atoms with Gasteiger partial charge in [-0.2, -0.15) is 0 Å². The van der Waals surface area contributed by atoms with Crippen molar-refractivity contribution in [2.45, 2.75) is 19.9 Å². The monoisotopic (exact) mass is 540 g/mol. The number of rotatable bonds is 7. The molecule has 0 fully saturated rings. The van der Waals surface area contributed by atoms with E-state index < -0.39 is 12.0 Å². The molecular formula is C31H28N2O5S. The van der Waals surface area contributed by atoms with Gasteiger partial charge in [0.1, 0.15) is 11.5 Å². The number of nitrogens with zero attached hydrogens (tertiary/aromatic N) is 2. The number of esters is 1. The number of carbonyl (C=O) groups is 1. The Balaban J connectivity index is 1.82. The first-order valence-electron chi connectivity index (χ1n) is 12.5. The van der Waals surface area contributed by atoms with Gasteiger partial charge in [-0.15, -0.1) is 0 Å². The van der Waals surface area contributed by atoms with Gasteiger partial charge in [-0.3, -0.25) is 9.36 Å². The first kappa shape index (κ1) is 26.2. The zero-order valence-electron chi connectivity index (χ0n) is 22.1. The van der Waals surface area contributed by atoms with E-state index in [1.807, 2.05) is 85.8 Å². The van der Waals surface area contributed by atoms with Gasteiger partial charge >= 0.3 is 5.97 Å². The number of ether oxygens (including phenoxy) is 3. The van der Waals surface area contributed by atoms with E-state index in [0.29, 0.717) is 31.9 Å². The van der Waals surface area contributed by atoms with E-state index in [4.69, 9.17) is 19.2 Å². The third-order valence-corrected chi connectivity index (χ3v) is 7.50. The topological polar surface area (TPSA) is 79.1 Å². The molecule has 1 atom stereocenters. The van der Waals surface area contributed by atoms with Gasteiger partial charge in [0.25, 0.3) is 5.56 Å². The zero-order chi connectivity index (χ0) is 27.5. The summed E-state index contributed by atoms with van der Waals surface area (Å²) in [6, 6.07) is 21.9. The van der Waals surface area contributed by atoms with E-state index in [1.165, 1.54) is 11.3 Å². The van der Waals surface area contributed by atoms with Crippen molar-refractivity contribution < 1.29 is 19.0 Å². The summed E-state index contributed by atoms with van der Waals surface area (Å²) < 4.78 is 18.5. The molecule has 0 saturated heterocycles. The number of hydrogen-bond acceptors (Lipinski definition) is 7. The van der Waals surface area contributed by atoms with Gasteiger partial charge in [0.05, 0.1) is 42.7 Å². The molecule has 2 heterocycles. The SMILES string of the molecule is CCOC(=O)C1=C(c2ccccc2)N=c2s/c(=C\c3ccc(C)c(OC)c3)c(=O)n2[C@@H]1c1cccc(OC)c1. The lowest BCUT2D eigenvalue weighted by atomic mass is 9.93. The summed E-state index contributed by atoms with van der Waals surface area (Å²) in [6.45, 7) is 3.91. The lowest BCUT2D eigenvalue weighted by Crippen LogP contribution is -2.40. The van der Waals surface area contributed by atoms with Crippen LogP contribution in [0.3, 0.4) is 0 Å². The molecule has 0 unspecified atom stereocenters. The molecule has 7 nitrogen and oxygen atoms in total. The maximum absolute atomic E-state index is 14.0. The summed E-state index contributed by atoms with van der Waals surface area (Å²) in [5.74, 6) is 0.829. The Morgan fingerprint density at radius 3 is 2.54 bits per heavy atom. The molecule has 0 amide bonds. The Morgan fingerprint density at radius 1 is 1.03 bits per heavy atom. The molecule has 198 valence electrons. The summed E-state index contributed by atoms with van der Waals surface area (Å²) >= 11 is 1.28. The van der Waals surface area contributed by atoms with Crippen molar-refractivity contribution in [2.24, 2.45) is 4.99 Å². The van der Waals surface area contributed by atoms with E-state index in [-0.39, 0.29) is 12.2 Å². The first-order valence-corrected chi connectivity index (χ1v) is 13.3. The van der Waals surface area contributed by atoms with Crippen LogP contribution in [0.4, 0.5) is 0 Å². The molecule has 0 aliphatic carbocycles. The lowest BCUT2D eigenvalue weighted by molar-refractivity contribution is -0.138. The average molecular weight is 541 g/mol. The quantitative estimate of drug-likeness (QED) is 0.328. The normalized spacial score (nSPS) is 15.0. The van der Waals surface area contributed by atoms with E-state index in [9.17, 15) is 9.59 Å². The molecule has 39 heavy (non-hydrogen) atoms. The molecule has 0 bridgehead atoms. The molecule has 3 aromatic carbocycles. The van der Waals surface area contributed by atoms with Crippen LogP contribution < -0.4 is 24.4 Å². The smallest absolute Gasteiger partial charge is 0.338 e. The number of benzene rings is 3. The highest BCUT2D eigenvalue weighted by Crippen LogP contribution is 2.36. The van der Waals surface area contributed by atoms with Crippen molar-refractivity contribution in [3.8, 4) is 11.5 Å². The minimum atomic E-state index is -0.764. The standard InChI is InChI=1S/C31H28N2O5S/c1-5-38-30(35)26-27(21-10-7-6-8-11-21)32-31-33(28(26)22-12-9-13-23(18-22)36-3)29(34)25(39-31)17-20-15-14-19(2)24(16-20)37-4/h6-18,28H,5H2,1-4H3/b25-17-/t28-/m1/s1. The maximum atomic E-state index is 14.0. The van der Waals surface area contributed by atoms with Crippen LogP contribution in [0, 0.1) is 6.92 Å². The number of thiazole rings is 1. The summed E-state index contributed by atoms with van der Waals surface area (Å²) in [6.07, 6.45) is 1.82. The van der Waals surface area contributed by atoms with Crippen molar-refractivity contribution in [2.75, 3.05) is 20.8 Å². The fraction of sp³-hybridized carbons (Fsp3) is 0.194. The largest absolute Gasteiger partial charge is 0.497 e. The molecule has 1 aliphatic rings. The van der Waals surface area contributed by atoms with Gasteiger partial charge in [-0.1, -0.05) is 65.9 Å². The van der Waals surface area contributed by atoms with Crippen molar-refractivity contribution in [1.82, 2.24) is 4.57 Å². The molecule has 0 N–H and O–H groups in total. The van der Waals surface area contributed by atoms with Gasteiger partial charge in [0.15, 0.2) is 4.80 Å². The molecule has 4 aromatic rings. The highest BCUT2D eigenvalue weighted by molar-refractivity contribution is 7.07. The van der Waals surface area contributed by atoms with Crippen LogP contribution in [0.15, 0.2) is 88.2 Å². The Labute approximate surface area is 229 Å². The second-order valence-corrected chi connectivity index (χ2v) is 9.95. The highest BCUT2D eigenvalue weighted by Gasteiger charge is 2.35. The minimum Gasteiger partial charge on any atom is -0.497 e. The van der Waals surface area contributed by atoms with Crippen molar-refractivity contribution in [3.63, 3.8) is 0 Å². The van der Waals surface area contributed by atoms with Crippen LogP contribution in [-0.4, -0.2) is 31.4 Å². The van der Waals surface area contributed by atoms with Crippen LogP contribution in [0.1, 0.15) is 35.2 Å². The predicted molar refractivity (Wildman–Crippen MR) is 152 cm³/mol. The molecule has 0 spiro atoms. The molecule has 1 aromatic heterocycles. The second-order valence-electron chi connectivity index (χ2n) is 8.94. The van der Waals surface area contributed by atoms with Crippen LogP contribution in [-0.2, 0) is 9.53 Å². The van der Waals surface area contributed by atoms with Gasteiger partial charge in [0, 0.05) is 5.56 Å². The van der Waals surface area contributed by atoms with Crippen LogP contribution in [0.2, 0.25) is 0 Å². The van der Waals surface area contributed by atoms with Gasteiger partial charge in [-0.05, 0) is 54.8 Å². The number of aryl methyl sites for hydroxylation is 1. The van der Waals surface area contributed by atoms with Crippen molar-refractivity contribution >= 4 is 29.1 Å². The Morgan fingerprint density at radius 2 is 1.82 bits per heavy atom. The van der Waals surface area contributed by atoms with Gasteiger partial charge in [0.2, 0.25) is 0 Å². The fourth-order valence-electron chi connectivity index (χ4n) is 4.65. The number of hydrogen-bond donors (Lipinski definition) is 0. The molecule has 0 radical (unpaired) electrons. The van der Waals surface area contributed by atoms with E-state index >= 15 is 0 Å². The lowest BCUT2D eigenvalue weighted by Gasteiger charge is -2.26. The van der Waals surface area contributed by atoms with E-state index in [0.717, 1.165) is 22.4 Å². The second kappa shape index (κ2) is 11.1. The molecular weight excluding hydrogens is 512 g/mol. The highest BCUT2D eigenvalue weighted by atomic mass is 32.1. The zero-order valence-corrected chi connectivity index (χ0v) is 23.0. The number of fused-ring (bicyclic) bond motifs is 1. The molecule has 0 saturated carbocycles. The third kappa shape index (κ3) is 5.03. The predicted octanol–water partition coefficient (Wildman–Crippen LogP) is 4.26. The van der Waals surface area contributed by atoms with Crippen LogP contribution in [0.5, 0.6) is 11.5 Å². The number of aromatic nitrogens is 1. The van der Waals surface area contributed by atoms with Gasteiger partial charge < -0.3 is 14.2 Å². The molecule has 1 aliphatic heterocycles. The van der Waals surface area contributed by atoms with Crippen LogP contribution in [0.25, 0.3) is 11.8 Å². The third-order valence-electron chi connectivity index (χ3n) is 6.51. The molecule has 8 heteroatoms. The Hall–Kier alpha value is -4.43. The number of carbonyl (C=O) groups excluding carboxylic acids is 1. The van der Waals surface area contributed by atoms with Crippen molar-refractivity contribution in [1.29, 1.82) is 0 Å². The average Bonchev–Trinajstić information content (AvgIpc) is 3.27. The maximum Gasteiger partial charge on any atom is 0.338 e. The fourth-order valence-corrected chi connectivity index (χ4v) is 5.65. The van der Waals surface area contributed by atoms with E-state index in [2.05, 4.69) is 0 Å². The Bertz CT molecular complexity index is 1750. The summed E-state index contributed by atoms with van der Waals surface area (Å²) in [5.41, 5.74) is 3.83. The first-order chi connectivity index (χ1) is 18.9. The number of methoxy groups -OCH3 is 2. The summed E-state index contributed by atoms with van der Waals surface area (Å²) in [5, 5.41) is 0. The summed E-state index contributed by atoms with van der Waals surface area (Å²) in [7, 11) is 3.20. The summed E-state index contributed by atoms with van der Waals surface area (Å²) in [4.78, 5) is 32.9. The minimum absolute atomic E-state index is 0.189.